The second kappa shape index (κ2) is 8.28. The van der Waals surface area contributed by atoms with Crippen LogP contribution in [0.2, 0.25) is 0 Å². The number of aromatic nitrogens is 2. The number of nitrogens with zero attached hydrogens (tertiary/aromatic N) is 4. The molecule has 1 aromatic heterocycles. The lowest BCUT2D eigenvalue weighted by atomic mass is 9.96. The maximum Gasteiger partial charge on any atom is 0.187 e. The van der Waals surface area contributed by atoms with Crippen molar-refractivity contribution >= 4 is 28.7 Å². The van der Waals surface area contributed by atoms with E-state index >= 15 is 0 Å². The number of para-hydroxylation sites is 1. The van der Waals surface area contributed by atoms with Gasteiger partial charge in [-0.15, -0.1) is 0 Å². The molecule has 0 spiro atoms. The smallest absolute Gasteiger partial charge is 0.187 e. The first kappa shape index (κ1) is 20.0. The lowest BCUT2D eigenvalue weighted by Crippen LogP contribution is -2.31. The van der Waals surface area contributed by atoms with E-state index in [0.717, 1.165) is 33.8 Å². The summed E-state index contributed by atoms with van der Waals surface area (Å²) in [4.78, 5) is 0. The van der Waals surface area contributed by atoms with Crippen molar-refractivity contribution in [3.05, 3.63) is 102 Å². The highest BCUT2D eigenvalue weighted by Gasteiger charge is 2.34. The van der Waals surface area contributed by atoms with Gasteiger partial charge in [0.05, 0.1) is 23.1 Å². The molecule has 0 bridgehead atoms. The Labute approximate surface area is 191 Å². The monoisotopic (exact) mass is 438 g/mol. The largest absolute Gasteiger partial charge is 0.399 e. The first-order chi connectivity index (χ1) is 15.6. The molecule has 0 aliphatic carbocycles. The van der Waals surface area contributed by atoms with Gasteiger partial charge in [-0.05, 0) is 42.0 Å². The van der Waals surface area contributed by atoms with Crippen LogP contribution in [0.1, 0.15) is 23.6 Å². The number of anilines is 1. The quantitative estimate of drug-likeness (QED) is 0.362. The lowest BCUT2D eigenvalue weighted by Gasteiger charge is -2.21. The molecule has 0 fully saturated rings. The Morgan fingerprint density at radius 1 is 0.875 bits per heavy atom. The molecule has 1 aliphatic rings. The summed E-state index contributed by atoms with van der Waals surface area (Å²) >= 11 is 5.37. The van der Waals surface area contributed by atoms with Crippen molar-refractivity contribution in [3.63, 3.8) is 0 Å². The molecule has 2 heterocycles. The number of nitrogens with two attached hydrogens (primary N) is 2. The molecule has 7 heteroatoms. The maximum atomic E-state index is 6.10. The third-order valence-corrected chi connectivity index (χ3v) is 5.74. The Morgan fingerprint density at radius 3 is 2.19 bits per heavy atom. The van der Waals surface area contributed by atoms with Gasteiger partial charge in [0.2, 0.25) is 0 Å². The van der Waals surface area contributed by atoms with E-state index in [1.807, 2.05) is 77.5 Å². The Bertz CT molecular complexity index is 1280. The van der Waals surface area contributed by atoms with Crippen LogP contribution in [0, 0.1) is 0 Å². The minimum absolute atomic E-state index is 0.160. The molecule has 3 aromatic carbocycles. The van der Waals surface area contributed by atoms with Crippen molar-refractivity contribution in [1.82, 2.24) is 14.8 Å². The van der Waals surface area contributed by atoms with E-state index in [1.165, 1.54) is 0 Å². The molecule has 4 N–H and O–H groups in total. The molecule has 0 saturated carbocycles. The van der Waals surface area contributed by atoms with Gasteiger partial charge >= 0.3 is 0 Å². The fourth-order valence-corrected chi connectivity index (χ4v) is 4.14. The van der Waals surface area contributed by atoms with E-state index in [4.69, 9.17) is 33.9 Å². The topological polar surface area (TPSA) is 85.5 Å². The van der Waals surface area contributed by atoms with E-state index in [-0.39, 0.29) is 11.2 Å². The van der Waals surface area contributed by atoms with Gasteiger partial charge in [0.15, 0.2) is 5.11 Å². The van der Waals surface area contributed by atoms with E-state index in [0.29, 0.717) is 12.1 Å². The Hall–Kier alpha value is -3.97. The first-order valence-corrected chi connectivity index (χ1v) is 10.7. The molecule has 1 unspecified atom stereocenters. The second-order valence-corrected chi connectivity index (χ2v) is 8.07. The summed E-state index contributed by atoms with van der Waals surface area (Å²) in [5.41, 5.74) is 18.5. The predicted molar refractivity (Wildman–Crippen MR) is 132 cm³/mol. The molecule has 5 rings (SSSR count). The number of thiocarbonyl (C=S) groups is 1. The highest BCUT2D eigenvalue weighted by molar-refractivity contribution is 7.80. The van der Waals surface area contributed by atoms with Crippen LogP contribution < -0.4 is 11.5 Å². The zero-order valence-electron chi connectivity index (χ0n) is 17.3. The number of hydrogen-bond donors (Lipinski definition) is 2. The second-order valence-electron chi connectivity index (χ2n) is 7.65. The van der Waals surface area contributed by atoms with Crippen LogP contribution >= 0.6 is 12.2 Å². The molecule has 4 aromatic rings. The number of benzene rings is 3. The fourth-order valence-electron chi connectivity index (χ4n) is 3.97. The lowest BCUT2D eigenvalue weighted by molar-refractivity contribution is 0.373. The minimum Gasteiger partial charge on any atom is -0.399 e. The normalized spacial score (nSPS) is 15.6. The van der Waals surface area contributed by atoms with Crippen LogP contribution in [0.5, 0.6) is 0 Å². The van der Waals surface area contributed by atoms with Crippen molar-refractivity contribution in [2.75, 3.05) is 5.73 Å². The average molecular weight is 439 g/mol. The van der Waals surface area contributed by atoms with Gasteiger partial charge in [-0.25, -0.2) is 9.69 Å². The number of hydrazone groups is 1. The average Bonchev–Trinajstić information content (AvgIpc) is 3.46. The summed E-state index contributed by atoms with van der Waals surface area (Å²) < 4.78 is 1.90. The molecule has 158 valence electrons. The molecular formula is C25H22N6S. The van der Waals surface area contributed by atoms with Crippen molar-refractivity contribution < 1.29 is 0 Å². The van der Waals surface area contributed by atoms with E-state index in [1.54, 1.807) is 5.01 Å². The van der Waals surface area contributed by atoms with Crippen LogP contribution in [0.15, 0.2) is 96.2 Å². The first-order valence-electron chi connectivity index (χ1n) is 10.3. The molecule has 0 radical (unpaired) electrons. The summed E-state index contributed by atoms with van der Waals surface area (Å²) in [5.74, 6) is 0. The molecule has 6 nitrogen and oxygen atoms in total. The number of hydrogen-bond acceptors (Lipinski definition) is 4. The van der Waals surface area contributed by atoms with Crippen molar-refractivity contribution in [2.24, 2.45) is 10.8 Å². The van der Waals surface area contributed by atoms with Gasteiger partial charge in [-0.3, -0.25) is 0 Å². The highest BCUT2D eigenvalue weighted by atomic mass is 32.1. The van der Waals surface area contributed by atoms with E-state index in [2.05, 4.69) is 18.3 Å². The number of rotatable bonds is 4. The van der Waals surface area contributed by atoms with Crippen LogP contribution in [-0.2, 0) is 0 Å². The van der Waals surface area contributed by atoms with Gasteiger partial charge in [-0.1, -0.05) is 60.7 Å². The van der Waals surface area contributed by atoms with Crippen LogP contribution in [-0.4, -0.2) is 25.6 Å². The van der Waals surface area contributed by atoms with Crippen LogP contribution in [0.3, 0.4) is 0 Å². The van der Waals surface area contributed by atoms with Crippen LogP contribution in [0.25, 0.3) is 16.9 Å². The zero-order chi connectivity index (χ0) is 22.1. The molecule has 0 saturated heterocycles. The van der Waals surface area contributed by atoms with Crippen molar-refractivity contribution in [3.8, 4) is 16.9 Å². The zero-order valence-corrected chi connectivity index (χ0v) is 18.1. The van der Waals surface area contributed by atoms with E-state index in [9.17, 15) is 0 Å². The molecule has 0 amide bonds. The van der Waals surface area contributed by atoms with E-state index < -0.39 is 0 Å². The van der Waals surface area contributed by atoms with Gasteiger partial charge in [0, 0.05) is 29.4 Å². The van der Waals surface area contributed by atoms with Crippen molar-refractivity contribution in [2.45, 2.75) is 12.5 Å². The summed E-state index contributed by atoms with van der Waals surface area (Å²) in [7, 11) is 0. The third-order valence-electron chi connectivity index (χ3n) is 5.55. The van der Waals surface area contributed by atoms with Gasteiger partial charge in [0.25, 0.3) is 0 Å². The molecule has 32 heavy (non-hydrogen) atoms. The summed E-state index contributed by atoms with van der Waals surface area (Å²) in [6.45, 7) is 0. The van der Waals surface area contributed by atoms with Crippen molar-refractivity contribution in [1.29, 1.82) is 0 Å². The maximum absolute atomic E-state index is 6.10. The number of nitrogen functional groups attached to an aromatic ring is 1. The van der Waals surface area contributed by atoms with Gasteiger partial charge in [-0.2, -0.15) is 10.2 Å². The highest BCUT2D eigenvalue weighted by Crippen LogP contribution is 2.38. The fraction of sp³-hybridized carbons (Fsp3) is 0.0800. The predicted octanol–water partition coefficient (Wildman–Crippen LogP) is 4.52. The molecule has 1 atom stereocenters. The Balaban J connectivity index is 1.60. The van der Waals surface area contributed by atoms with Gasteiger partial charge in [0.1, 0.15) is 0 Å². The standard InChI is InChI=1S/C25H22N6S/c26-19-13-11-17(12-14-19)22-15-23(31(28-22)25(27)32)21-16-30(20-9-5-2-6-10-20)29-24(21)18-7-3-1-4-8-18/h1-14,16,23H,15,26H2,(H2,27,32). The third kappa shape index (κ3) is 3.74. The SMILES string of the molecule is NC(=S)N1N=C(c2ccc(N)cc2)CC1c1cn(-c2ccccc2)nc1-c1ccccc1. The molecule has 1 aliphatic heterocycles. The molecular weight excluding hydrogens is 416 g/mol. The Kier molecular flexibility index (Phi) is 5.17. The Morgan fingerprint density at radius 2 is 1.53 bits per heavy atom. The van der Waals surface area contributed by atoms with Crippen LogP contribution in [0.4, 0.5) is 5.69 Å². The summed E-state index contributed by atoms with van der Waals surface area (Å²) in [6.07, 6.45) is 2.70. The summed E-state index contributed by atoms with van der Waals surface area (Å²) in [5, 5.41) is 11.7. The van der Waals surface area contributed by atoms with Gasteiger partial charge < -0.3 is 11.5 Å². The summed E-state index contributed by atoms with van der Waals surface area (Å²) in [6, 6.07) is 27.7. The minimum atomic E-state index is -0.160.